The van der Waals surface area contributed by atoms with E-state index in [0.29, 0.717) is 0 Å². The highest BCUT2D eigenvalue weighted by Gasteiger charge is 2.32. The van der Waals surface area contributed by atoms with E-state index in [4.69, 9.17) is 27.9 Å². The molecule has 1 unspecified atom stereocenters. The second-order valence-electron chi connectivity index (χ2n) is 8.44. The van der Waals surface area contributed by atoms with E-state index in [2.05, 4.69) is 0 Å². The molecule has 0 saturated heterocycles. The molecule has 0 spiro atoms. The van der Waals surface area contributed by atoms with Gasteiger partial charge in [-0.3, -0.25) is 14.2 Å². The quantitative estimate of drug-likeness (QED) is 0.439. The van der Waals surface area contributed by atoms with Crippen LogP contribution >= 0.6 is 23.2 Å². The molecular weight excluding hydrogens is 463 g/mol. The van der Waals surface area contributed by atoms with Gasteiger partial charge in [-0.2, -0.15) is 0 Å². The number of phenolic OH excluding ortho intramolecular Hbond substituents is 1. The van der Waals surface area contributed by atoms with Gasteiger partial charge in [-0.05, 0) is 58.4 Å². The molecule has 9 heteroatoms. The summed E-state index contributed by atoms with van der Waals surface area (Å²) in [5.41, 5.74) is -0.532. The summed E-state index contributed by atoms with van der Waals surface area (Å²) in [7, 11) is 0. The Bertz CT molecular complexity index is 1260. The summed E-state index contributed by atoms with van der Waals surface area (Å²) >= 11 is 11.9. The third kappa shape index (κ3) is 4.19. The minimum absolute atomic E-state index is 0.107. The van der Waals surface area contributed by atoms with Gasteiger partial charge in [0.15, 0.2) is 17.4 Å². The molecular formula is C23H21Cl2F2NO4. The molecule has 3 aromatic rings. The van der Waals surface area contributed by atoms with E-state index in [1.807, 2.05) is 0 Å². The van der Waals surface area contributed by atoms with Gasteiger partial charge in [-0.1, -0.05) is 23.2 Å². The molecule has 3 rings (SSSR count). The summed E-state index contributed by atoms with van der Waals surface area (Å²) in [5, 5.41) is 9.99. The molecule has 1 N–H and O–H groups in total. The van der Waals surface area contributed by atoms with Crippen LogP contribution in [0.1, 0.15) is 55.2 Å². The zero-order valence-electron chi connectivity index (χ0n) is 18.0. The van der Waals surface area contributed by atoms with Gasteiger partial charge in [0.05, 0.1) is 21.5 Å². The number of phenols is 1. The molecule has 0 fully saturated rings. The number of aromatic nitrogens is 1. The Kier molecular flexibility index (Phi) is 6.28. The van der Waals surface area contributed by atoms with E-state index < -0.39 is 40.8 Å². The molecule has 0 saturated carbocycles. The molecule has 170 valence electrons. The second-order valence-corrected chi connectivity index (χ2v) is 9.25. The lowest BCUT2D eigenvalue weighted by atomic mass is 9.97. The maximum Gasteiger partial charge on any atom is 0.313 e. The van der Waals surface area contributed by atoms with E-state index in [-0.39, 0.29) is 37.8 Å². The van der Waals surface area contributed by atoms with Crippen molar-refractivity contribution >= 4 is 46.0 Å². The molecule has 0 aliphatic heterocycles. The van der Waals surface area contributed by atoms with Crippen molar-refractivity contribution in [3.8, 4) is 5.75 Å². The van der Waals surface area contributed by atoms with Crippen molar-refractivity contribution in [1.29, 1.82) is 0 Å². The molecule has 2 aromatic carbocycles. The average molecular weight is 484 g/mol. The monoisotopic (exact) mass is 483 g/mol. The number of ether oxygens (including phenoxy) is 1. The van der Waals surface area contributed by atoms with E-state index in [1.165, 1.54) is 32.0 Å². The second kappa shape index (κ2) is 8.37. The van der Waals surface area contributed by atoms with E-state index in [9.17, 15) is 19.1 Å². The number of halogens is 4. The number of benzene rings is 2. The van der Waals surface area contributed by atoms with Gasteiger partial charge in [0.25, 0.3) is 5.91 Å². The lowest BCUT2D eigenvalue weighted by molar-refractivity contribution is -0.156. The number of nitrogens with zero attached hydrogens (tertiary/aromatic N) is 1. The number of esters is 1. The normalized spacial score (nSPS) is 12.8. The van der Waals surface area contributed by atoms with Crippen molar-refractivity contribution < 1.29 is 28.2 Å². The van der Waals surface area contributed by atoms with Gasteiger partial charge in [0.1, 0.15) is 5.60 Å². The van der Waals surface area contributed by atoms with Gasteiger partial charge in [0.2, 0.25) is 0 Å². The maximum absolute atomic E-state index is 15.1. The first-order valence-electron chi connectivity index (χ1n) is 9.69. The van der Waals surface area contributed by atoms with Crippen molar-refractivity contribution in [2.45, 2.75) is 46.1 Å². The van der Waals surface area contributed by atoms with Gasteiger partial charge in [-0.15, -0.1) is 0 Å². The molecule has 5 nitrogen and oxygen atoms in total. The highest BCUT2D eigenvalue weighted by Crippen LogP contribution is 2.39. The number of fused-ring (bicyclic) bond motifs is 1. The van der Waals surface area contributed by atoms with Crippen LogP contribution in [0.4, 0.5) is 8.78 Å². The van der Waals surface area contributed by atoms with Crippen LogP contribution in [0.3, 0.4) is 0 Å². The molecule has 0 radical (unpaired) electrons. The number of carbonyl (C=O) groups excluding carboxylic acids is 2. The summed E-state index contributed by atoms with van der Waals surface area (Å²) in [6, 6.07) is 5.03. The first-order chi connectivity index (χ1) is 14.7. The topological polar surface area (TPSA) is 68.5 Å². The van der Waals surface area contributed by atoms with Crippen molar-refractivity contribution in [2.75, 3.05) is 0 Å². The minimum Gasteiger partial charge on any atom is -0.503 e. The molecule has 0 aliphatic carbocycles. The number of hydrogen-bond acceptors (Lipinski definition) is 4. The van der Waals surface area contributed by atoms with Gasteiger partial charge >= 0.3 is 5.97 Å². The van der Waals surface area contributed by atoms with Crippen LogP contribution in [0.5, 0.6) is 5.75 Å². The van der Waals surface area contributed by atoms with Gasteiger partial charge in [0, 0.05) is 22.7 Å². The van der Waals surface area contributed by atoms with Crippen LogP contribution in [-0.2, 0) is 9.53 Å². The zero-order valence-corrected chi connectivity index (χ0v) is 19.5. The lowest BCUT2D eigenvalue weighted by Crippen LogP contribution is -2.27. The molecule has 32 heavy (non-hydrogen) atoms. The Labute approximate surface area is 193 Å². The van der Waals surface area contributed by atoms with E-state index in [1.54, 1.807) is 20.8 Å². The number of rotatable bonds is 3. The summed E-state index contributed by atoms with van der Waals surface area (Å²) < 4.78 is 35.8. The predicted molar refractivity (Wildman–Crippen MR) is 119 cm³/mol. The average Bonchev–Trinajstić information content (AvgIpc) is 2.97. The fourth-order valence-corrected chi connectivity index (χ4v) is 3.87. The van der Waals surface area contributed by atoms with Crippen molar-refractivity contribution in [2.24, 2.45) is 0 Å². The largest absolute Gasteiger partial charge is 0.503 e. The van der Waals surface area contributed by atoms with Crippen LogP contribution in [0.2, 0.25) is 10.0 Å². The van der Waals surface area contributed by atoms with E-state index in [0.717, 1.165) is 10.6 Å². The van der Waals surface area contributed by atoms with Crippen LogP contribution in [0.25, 0.3) is 10.9 Å². The number of carbonyl (C=O) groups is 2. The predicted octanol–water partition coefficient (Wildman–Crippen LogP) is 6.37. The third-order valence-electron chi connectivity index (χ3n) is 4.97. The van der Waals surface area contributed by atoms with Crippen LogP contribution in [0.15, 0.2) is 24.3 Å². The first kappa shape index (κ1) is 24.0. The molecule has 0 amide bonds. The SMILES string of the molecule is Cc1c(C(C)C(=O)OC(C)(C)C)c2c(F)c(O)c(F)cc2n1C(=O)c1ccc(Cl)c(Cl)c1. The third-order valence-corrected chi connectivity index (χ3v) is 5.71. The Hall–Kier alpha value is -2.64. The Morgan fingerprint density at radius 3 is 2.31 bits per heavy atom. The molecule has 0 aliphatic rings. The summed E-state index contributed by atoms with van der Waals surface area (Å²) in [5.74, 6) is -6.03. The minimum atomic E-state index is -1.27. The molecule has 1 atom stereocenters. The maximum atomic E-state index is 15.1. The molecule has 0 bridgehead atoms. The Morgan fingerprint density at radius 1 is 1.12 bits per heavy atom. The smallest absolute Gasteiger partial charge is 0.313 e. The summed E-state index contributed by atoms with van der Waals surface area (Å²) in [6.07, 6.45) is 0. The fraction of sp³-hybridized carbons (Fsp3) is 0.304. The number of aromatic hydroxyl groups is 1. The standard InChI is InChI=1S/C23H21Cl2F2NO4/c1-10(22(31)32-23(3,4)5)17-11(2)28(16-9-15(26)20(29)19(27)18(16)17)21(30)12-6-7-13(24)14(25)8-12/h6-10,29H,1-5H3. The van der Waals surface area contributed by atoms with Crippen LogP contribution < -0.4 is 0 Å². The zero-order chi connectivity index (χ0) is 24.1. The van der Waals surface area contributed by atoms with Gasteiger partial charge in [-0.25, -0.2) is 8.78 Å². The fourth-order valence-electron chi connectivity index (χ4n) is 3.57. The van der Waals surface area contributed by atoms with E-state index >= 15 is 4.39 Å². The summed E-state index contributed by atoms with van der Waals surface area (Å²) in [4.78, 5) is 26.1. The molecule has 1 aromatic heterocycles. The van der Waals surface area contributed by atoms with Crippen molar-refractivity contribution in [3.05, 3.63) is 62.8 Å². The van der Waals surface area contributed by atoms with Crippen LogP contribution in [-0.4, -0.2) is 27.2 Å². The van der Waals surface area contributed by atoms with Gasteiger partial charge < -0.3 is 9.84 Å². The lowest BCUT2D eigenvalue weighted by Gasteiger charge is -2.22. The first-order valence-corrected chi connectivity index (χ1v) is 10.4. The summed E-state index contributed by atoms with van der Waals surface area (Å²) in [6.45, 7) is 8.04. The number of hydrogen-bond donors (Lipinski definition) is 1. The van der Waals surface area contributed by atoms with Crippen molar-refractivity contribution in [1.82, 2.24) is 4.57 Å². The van der Waals surface area contributed by atoms with Crippen LogP contribution in [0, 0.1) is 18.6 Å². The Morgan fingerprint density at radius 2 is 1.75 bits per heavy atom. The highest BCUT2D eigenvalue weighted by atomic mass is 35.5. The molecule has 1 heterocycles. The Balaban J connectivity index is 2.31. The highest BCUT2D eigenvalue weighted by molar-refractivity contribution is 6.42. The van der Waals surface area contributed by atoms with Crippen molar-refractivity contribution in [3.63, 3.8) is 0 Å².